The molecule has 4 N–H and O–H groups in total. The van der Waals surface area contributed by atoms with Crippen molar-refractivity contribution in [3.8, 4) is 0 Å². The van der Waals surface area contributed by atoms with E-state index < -0.39 is 0 Å². The second-order valence-corrected chi connectivity index (χ2v) is 7.20. The molecule has 0 aliphatic heterocycles. The van der Waals surface area contributed by atoms with Crippen molar-refractivity contribution in [2.24, 2.45) is 5.73 Å². The number of imidazole rings is 1. The van der Waals surface area contributed by atoms with E-state index in [1.807, 2.05) is 41.0 Å². The van der Waals surface area contributed by atoms with Gasteiger partial charge in [0, 0.05) is 24.2 Å². The molecule has 27 heavy (non-hydrogen) atoms. The van der Waals surface area contributed by atoms with Gasteiger partial charge in [0.1, 0.15) is 0 Å². The first-order valence-electron chi connectivity index (χ1n) is 9.46. The normalized spacial score (nSPS) is 15.9. The van der Waals surface area contributed by atoms with Crippen molar-refractivity contribution in [2.75, 3.05) is 6.54 Å². The molecule has 0 radical (unpaired) electrons. The minimum Gasteiger partial charge on any atom is -0.350 e. The summed E-state index contributed by atoms with van der Waals surface area (Å²) in [4.78, 5) is 27.8. The van der Waals surface area contributed by atoms with E-state index >= 15 is 0 Å². The molecule has 2 aromatic carbocycles. The molecule has 6 nitrogen and oxygen atoms in total. The highest BCUT2D eigenvalue weighted by Gasteiger charge is 2.21. The number of rotatable bonds is 5. The third kappa shape index (κ3) is 3.53. The largest absolute Gasteiger partial charge is 0.350 e. The number of hydrogen-bond acceptors (Lipinski definition) is 3. The number of nitrogens with two attached hydrogens (primary N) is 1. The van der Waals surface area contributed by atoms with Crippen LogP contribution in [0.15, 0.2) is 53.3 Å². The lowest BCUT2D eigenvalue weighted by molar-refractivity contribution is 0.0951. The van der Waals surface area contributed by atoms with Gasteiger partial charge in [-0.15, -0.1) is 0 Å². The van der Waals surface area contributed by atoms with E-state index in [2.05, 4.69) is 10.3 Å². The summed E-state index contributed by atoms with van der Waals surface area (Å²) in [7, 11) is 0. The molecule has 1 atom stereocenters. The monoisotopic (exact) mass is 364 g/mol. The van der Waals surface area contributed by atoms with Gasteiger partial charge in [0.15, 0.2) is 0 Å². The number of nitrogens with zero attached hydrogens (tertiary/aromatic N) is 1. The molecule has 1 aromatic heterocycles. The first-order chi connectivity index (χ1) is 13.1. The molecule has 1 fully saturated rings. The van der Waals surface area contributed by atoms with E-state index in [1.165, 1.54) is 0 Å². The Morgan fingerprint density at radius 3 is 2.67 bits per heavy atom. The second-order valence-electron chi connectivity index (χ2n) is 7.20. The van der Waals surface area contributed by atoms with Crippen molar-refractivity contribution in [1.29, 1.82) is 0 Å². The summed E-state index contributed by atoms with van der Waals surface area (Å²) in [6, 6.07) is 15.0. The summed E-state index contributed by atoms with van der Waals surface area (Å²) < 4.78 is 1.84. The van der Waals surface area contributed by atoms with Gasteiger partial charge in [0.2, 0.25) is 0 Å². The first kappa shape index (κ1) is 17.5. The summed E-state index contributed by atoms with van der Waals surface area (Å²) in [5.41, 5.74) is 9.10. The molecule has 1 aliphatic carbocycles. The predicted octanol–water partition coefficient (Wildman–Crippen LogP) is 2.87. The summed E-state index contributed by atoms with van der Waals surface area (Å²) in [6.45, 7) is 0.348. The average molecular weight is 364 g/mol. The fraction of sp³-hybridized carbons (Fsp3) is 0.333. The van der Waals surface area contributed by atoms with Gasteiger partial charge < -0.3 is 16.0 Å². The lowest BCUT2D eigenvalue weighted by Crippen LogP contribution is -2.31. The Bertz CT molecular complexity index is 1000. The van der Waals surface area contributed by atoms with Gasteiger partial charge in [-0.1, -0.05) is 43.2 Å². The van der Waals surface area contributed by atoms with Crippen LogP contribution in [-0.2, 0) is 0 Å². The van der Waals surface area contributed by atoms with Crippen LogP contribution in [0.1, 0.15) is 53.7 Å². The summed E-state index contributed by atoms with van der Waals surface area (Å²) in [5, 5.41) is 2.88. The van der Waals surface area contributed by atoms with E-state index in [9.17, 15) is 9.59 Å². The number of nitrogens with one attached hydrogen (secondary N) is 2. The van der Waals surface area contributed by atoms with Crippen molar-refractivity contribution in [3.63, 3.8) is 0 Å². The molecule has 3 aromatic rings. The van der Waals surface area contributed by atoms with Crippen LogP contribution < -0.4 is 16.7 Å². The number of carbonyl (C=O) groups is 1. The maximum atomic E-state index is 12.5. The van der Waals surface area contributed by atoms with Crippen LogP contribution in [0.25, 0.3) is 11.0 Å². The summed E-state index contributed by atoms with van der Waals surface area (Å²) in [6.07, 6.45) is 4.39. The molecule has 140 valence electrons. The Balaban J connectivity index is 1.50. The van der Waals surface area contributed by atoms with Gasteiger partial charge in [0.05, 0.1) is 11.0 Å². The number of hydrogen-bond donors (Lipinski definition) is 3. The maximum absolute atomic E-state index is 12.5. The van der Waals surface area contributed by atoms with Gasteiger partial charge in [-0.25, -0.2) is 4.79 Å². The fourth-order valence-corrected chi connectivity index (χ4v) is 3.92. The van der Waals surface area contributed by atoms with E-state index in [4.69, 9.17) is 5.73 Å². The highest BCUT2D eigenvalue weighted by molar-refractivity contribution is 5.97. The molecule has 1 unspecified atom stereocenters. The van der Waals surface area contributed by atoms with E-state index in [1.54, 1.807) is 12.1 Å². The highest BCUT2D eigenvalue weighted by Crippen LogP contribution is 2.30. The molecule has 1 heterocycles. The number of carbonyl (C=O) groups excluding carboxylic acids is 1. The van der Waals surface area contributed by atoms with Crippen LogP contribution in [0.3, 0.4) is 0 Å². The smallest absolute Gasteiger partial charge is 0.326 e. The van der Waals surface area contributed by atoms with Crippen molar-refractivity contribution in [1.82, 2.24) is 14.9 Å². The number of benzene rings is 2. The van der Waals surface area contributed by atoms with Crippen molar-refractivity contribution in [2.45, 2.75) is 37.8 Å². The Morgan fingerprint density at radius 2 is 1.93 bits per heavy atom. The van der Waals surface area contributed by atoms with Crippen molar-refractivity contribution < 1.29 is 4.79 Å². The number of aromatic nitrogens is 2. The quantitative estimate of drug-likeness (QED) is 0.650. The standard InChI is InChI=1S/C21H24N4O2/c22-17(14-6-2-1-3-7-14)13-23-20(26)15-10-11-19-18(12-15)24-21(27)25(19)16-8-4-5-9-16/h1-3,6-7,10-12,16-17H,4-5,8-9,13,22H2,(H,23,26)(H,24,27). The molecule has 6 heteroatoms. The molecule has 0 bridgehead atoms. The Labute approximate surface area is 157 Å². The fourth-order valence-electron chi connectivity index (χ4n) is 3.92. The Kier molecular flexibility index (Phi) is 4.81. The average Bonchev–Trinajstić information content (AvgIpc) is 3.32. The maximum Gasteiger partial charge on any atom is 0.326 e. The summed E-state index contributed by atoms with van der Waals surface area (Å²) >= 11 is 0. The SMILES string of the molecule is NC(CNC(=O)c1ccc2c(c1)[nH]c(=O)n2C1CCCC1)c1ccccc1. The lowest BCUT2D eigenvalue weighted by atomic mass is 10.1. The zero-order valence-corrected chi connectivity index (χ0v) is 15.2. The topological polar surface area (TPSA) is 92.9 Å². The second kappa shape index (κ2) is 7.40. The summed E-state index contributed by atoms with van der Waals surface area (Å²) in [5.74, 6) is -0.197. The van der Waals surface area contributed by atoms with Gasteiger partial charge in [-0.05, 0) is 36.6 Å². The molecule has 0 saturated heterocycles. The molecule has 1 saturated carbocycles. The highest BCUT2D eigenvalue weighted by atomic mass is 16.2. The van der Waals surface area contributed by atoms with Crippen molar-refractivity contribution >= 4 is 16.9 Å². The zero-order valence-electron chi connectivity index (χ0n) is 15.2. The number of H-pyrrole nitrogens is 1. The van der Waals surface area contributed by atoms with Gasteiger partial charge in [-0.2, -0.15) is 0 Å². The number of amides is 1. The molecule has 1 aliphatic rings. The minimum absolute atomic E-state index is 0.0967. The van der Waals surface area contributed by atoms with E-state index in [0.717, 1.165) is 36.8 Å². The third-order valence-electron chi connectivity index (χ3n) is 5.38. The molecular weight excluding hydrogens is 340 g/mol. The van der Waals surface area contributed by atoms with Crippen LogP contribution in [0.2, 0.25) is 0 Å². The first-order valence-corrected chi connectivity index (χ1v) is 9.46. The number of fused-ring (bicyclic) bond motifs is 1. The zero-order chi connectivity index (χ0) is 18.8. The van der Waals surface area contributed by atoms with Crippen LogP contribution >= 0.6 is 0 Å². The van der Waals surface area contributed by atoms with Crippen LogP contribution in [0.5, 0.6) is 0 Å². The molecule has 1 amide bonds. The Hall–Kier alpha value is -2.86. The van der Waals surface area contributed by atoms with Crippen molar-refractivity contribution in [3.05, 3.63) is 70.1 Å². The lowest BCUT2D eigenvalue weighted by Gasteiger charge is -2.13. The third-order valence-corrected chi connectivity index (χ3v) is 5.38. The molecule has 0 spiro atoms. The molecule has 4 rings (SSSR count). The van der Waals surface area contributed by atoms with Gasteiger partial charge >= 0.3 is 5.69 Å². The number of aromatic amines is 1. The molecular formula is C21H24N4O2. The minimum atomic E-state index is -0.262. The van der Waals surface area contributed by atoms with E-state index in [0.29, 0.717) is 17.6 Å². The van der Waals surface area contributed by atoms with Gasteiger partial charge in [-0.3, -0.25) is 9.36 Å². The van der Waals surface area contributed by atoms with Crippen LogP contribution in [-0.4, -0.2) is 22.0 Å². The van der Waals surface area contributed by atoms with Gasteiger partial charge in [0.25, 0.3) is 5.91 Å². The van der Waals surface area contributed by atoms with E-state index in [-0.39, 0.29) is 23.7 Å². The Morgan fingerprint density at radius 1 is 1.19 bits per heavy atom. The van der Waals surface area contributed by atoms with Crippen LogP contribution in [0, 0.1) is 0 Å². The van der Waals surface area contributed by atoms with Crippen LogP contribution in [0.4, 0.5) is 0 Å². The predicted molar refractivity (Wildman–Crippen MR) is 106 cm³/mol.